The third-order valence-electron chi connectivity index (χ3n) is 2.29. The Labute approximate surface area is 101 Å². The van der Waals surface area contributed by atoms with Crippen LogP contribution in [0.1, 0.15) is 34.1 Å². The molecule has 1 rings (SSSR count). The molecule has 1 aliphatic rings. The molecule has 0 bridgehead atoms. The highest BCUT2D eigenvalue weighted by Crippen LogP contribution is 2.24. The summed E-state index contributed by atoms with van der Waals surface area (Å²) >= 11 is 0. The molecule has 0 aliphatic carbocycles. The van der Waals surface area contributed by atoms with Gasteiger partial charge in [0.2, 0.25) is 0 Å². The Kier molecular flexibility index (Phi) is 3.80. The lowest BCUT2D eigenvalue weighted by molar-refractivity contribution is -0.145. The Morgan fingerprint density at radius 2 is 2.00 bits per heavy atom. The molecule has 1 aliphatic heterocycles. The first-order chi connectivity index (χ1) is 7.74. The quantitative estimate of drug-likeness (QED) is 0.659. The Bertz CT molecular complexity index is 354. The van der Waals surface area contributed by atoms with Gasteiger partial charge in [-0.25, -0.2) is 9.59 Å². The normalized spacial score (nSPS) is 19.9. The summed E-state index contributed by atoms with van der Waals surface area (Å²) in [4.78, 5) is 24.7. The highest BCUT2D eigenvalue weighted by atomic mass is 16.6. The van der Waals surface area contributed by atoms with Crippen molar-refractivity contribution in [2.75, 3.05) is 7.11 Å². The molecule has 0 saturated heterocycles. The third kappa shape index (κ3) is 3.47. The lowest BCUT2D eigenvalue weighted by Gasteiger charge is -2.26. The molecule has 1 atom stereocenters. The van der Waals surface area contributed by atoms with Gasteiger partial charge in [0, 0.05) is 12.6 Å². The van der Waals surface area contributed by atoms with Gasteiger partial charge in [-0.1, -0.05) is 5.57 Å². The molecule has 0 spiro atoms. The summed E-state index contributed by atoms with van der Waals surface area (Å²) in [6.07, 6.45) is 1.60. The van der Waals surface area contributed by atoms with E-state index in [2.05, 4.69) is 4.74 Å². The van der Waals surface area contributed by atoms with Crippen LogP contribution < -0.4 is 0 Å². The van der Waals surface area contributed by atoms with E-state index in [1.165, 1.54) is 12.0 Å². The average molecular weight is 241 g/mol. The summed E-state index contributed by atoms with van der Waals surface area (Å²) in [6, 6.07) is -0.602. The van der Waals surface area contributed by atoms with E-state index in [1.54, 1.807) is 27.0 Å². The maximum Gasteiger partial charge on any atom is 0.415 e. The van der Waals surface area contributed by atoms with Crippen LogP contribution in [0.15, 0.2) is 11.8 Å². The highest BCUT2D eigenvalue weighted by molar-refractivity contribution is 5.83. The van der Waals surface area contributed by atoms with Crippen molar-refractivity contribution >= 4 is 12.1 Å². The SMILES string of the molecule is COC(=O)C1CC(C)=CN1C(=O)OC(C)(C)C. The van der Waals surface area contributed by atoms with Crippen LogP contribution in [-0.4, -0.2) is 35.7 Å². The van der Waals surface area contributed by atoms with Gasteiger partial charge in [-0.15, -0.1) is 0 Å². The molecule has 0 fully saturated rings. The van der Waals surface area contributed by atoms with E-state index in [0.717, 1.165) is 5.57 Å². The fourth-order valence-corrected chi connectivity index (χ4v) is 1.61. The highest BCUT2D eigenvalue weighted by Gasteiger charge is 2.36. The number of carbonyl (C=O) groups excluding carboxylic acids is 2. The van der Waals surface area contributed by atoms with Crippen LogP contribution in [0.5, 0.6) is 0 Å². The average Bonchev–Trinajstić information content (AvgIpc) is 2.56. The number of hydrogen-bond acceptors (Lipinski definition) is 4. The zero-order valence-electron chi connectivity index (χ0n) is 10.9. The second-order valence-corrected chi connectivity index (χ2v) is 5.11. The monoisotopic (exact) mass is 241 g/mol. The molecule has 17 heavy (non-hydrogen) atoms. The van der Waals surface area contributed by atoms with Crippen LogP contribution >= 0.6 is 0 Å². The van der Waals surface area contributed by atoms with Crippen molar-refractivity contribution < 1.29 is 19.1 Å². The number of rotatable bonds is 1. The molecule has 5 heteroatoms. The number of ether oxygens (including phenoxy) is 2. The van der Waals surface area contributed by atoms with Crippen molar-refractivity contribution in [1.82, 2.24) is 4.90 Å². The molecule has 1 heterocycles. The van der Waals surface area contributed by atoms with Crippen molar-refractivity contribution in [3.63, 3.8) is 0 Å². The van der Waals surface area contributed by atoms with Crippen molar-refractivity contribution in [2.24, 2.45) is 0 Å². The fraction of sp³-hybridized carbons (Fsp3) is 0.667. The molecule has 96 valence electrons. The van der Waals surface area contributed by atoms with E-state index in [1.807, 2.05) is 6.92 Å². The summed E-state index contributed by atoms with van der Waals surface area (Å²) in [5.74, 6) is -0.427. The van der Waals surface area contributed by atoms with E-state index in [4.69, 9.17) is 4.74 Å². The van der Waals surface area contributed by atoms with Crippen LogP contribution in [0.2, 0.25) is 0 Å². The molecule has 0 aromatic carbocycles. The third-order valence-corrected chi connectivity index (χ3v) is 2.29. The van der Waals surface area contributed by atoms with Crippen LogP contribution in [-0.2, 0) is 14.3 Å². The molecule has 0 aromatic heterocycles. The maximum atomic E-state index is 11.9. The van der Waals surface area contributed by atoms with Gasteiger partial charge in [-0.3, -0.25) is 4.90 Å². The van der Waals surface area contributed by atoms with Gasteiger partial charge in [0.05, 0.1) is 7.11 Å². The summed E-state index contributed by atoms with van der Waals surface area (Å²) in [5, 5.41) is 0. The summed E-state index contributed by atoms with van der Waals surface area (Å²) in [7, 11) is 1.31. The second-order valence-electron chi connectivity index (χ2n) is 5.11. The van der Waals surface area contributed by atoms with E-state index >= 15 is 0 Å². The minimum Gasteiger partial charge on any atom is -0.467 e. The first-order valence-electron chi connectivity index (χ1n) is 5.51. The topological polar surface area (TPSA) is 55.8 Å². The minimum absolute atomic E-state index is 0.427. The first kappa shape index (κ1) is 13.5. The van der Waals surface area contributed by atoms with Gasteiger partial charge in [-0.05, 0) is 27.7 Å². The van der Waals surface area contributed by atoms with E-state index < -0.39 is 23.7 Å². The van der Waals surface area contributed by atoms with Crippen molar-refractivity contribution in [2.45, 2.75) is 45.8 Å². The summed E-state index contributed by atoms with van der Waals surface area (Å²) in [6.45, 7) is 7.21. The second kappa shape index (κ2) is 4.77. The number of amides is 1. The van der Waals surface area contributed by atoms with Gasteiger partial charge >= 0.3 is 12.1 Å². The number of methoxy groups -OCH3 is 1. The van der Waals surface area contributed by atoms with Crippen LogP contribution in [0.25, 0.3) is 0 Å². The number of carbonyl (C=O) groups is 2. The Hall–Kier alpha value is -1.52. The largest absolute Gasteiger partial charge is 0.467 e. The van der Waals surface area contributed by atoms with Crippen molar-refractivity contribution in [3.8, 4) is 0 Å². The predicted octanol–water partition coefficient (Wildman–Crippen LogP) is 2.07. The van der Waals surface area contributed by atoms with E-state index in [-0.39, 0.29) is 0 Å². The molecule has 1 amide bonds. The minimum atomic E-state index is -0.602. The van der Waals surface area contributed by atoms with E-state index in [9.17, 15) is 9.59 Å². The number of nitrogens with zero attached hydrogens (tertiary/aromatic N) is 1. The molecule has 5 nitrogen and oxygen atoms in total. The predicted molar refractivity (Wildman–Crippen MR) is 62.3 cm³/mol. The van der Waals surface area contributed by atoms with Gasteiger partial charge in [0.25, 0.3) is 0 Å². The lowest BCUT2D eigenvalue weighted by atomic mass is 10.1. The fourth-order valence-electron chi connectivity index (χ4n) is 1.61. The van der Waals surface area contributed by atoms with Crippen molar-refractivity contribution in [3.05, 3.63) is 11.8 Å². The number of esters is 1. The maximum absolute atomic E-state index is 11.9. The molecule has 0 N–H and O–H groups in total. The van der Waals surface area contributed by atoms with Gasteiger partial charge in [0.15, 0.2) is 0 Å². The number of hydrogen-bond donors (Lipinski definition) is 0. The Balaban J connectivity index is 2.79. The Morgan fingerprint density at radius 3 is 2.47 bits per heavy atom. The Morgan fingerprint density at radius 1 is 1.41 bits per heavy atom. The summed E-state index contributed by atoms with van der Waals surface area (Å²) < 4.78 is 9.90. The van der Waals surface area contributed by atoms with Crippen LogP contribution in [0.4, 0.5) is 4.79 Å². The summed E-state index contributed by atoms with van der Waals surface area (Å²) in [5.41, 5.74) is 0.369. The van der Waals surface area contributed by atoms with Gasteiger partial charge < -0.3 is 9.47 Å². The van der Waals surface area contributed by atoms with E-state index in [0.29, 0.717) is 6.42 Å². The standard InChI is InChI=1S/C12H19NO4/c1-8-6-9(10(14)16-5)13(7-8)11(15)17-12(2,3)4/h7,9H,6H2,1-5H3. The van der Waals surface area contributed by atoms with Crippen LogP contribution in [0, 0.1) is 0 Å². The molecule has 0 saturated carbocycles. The van der Waals surface area contributed by atoms with Crippen molar-refractivity contribution in [1.29, 1.82) is 0 Å². The van der Waals surface area contributed by atoms with Crippen LogP contribution in [0.3, 0.4) is 0 Å². The molecule has 1 unspecified atom stereocenters. The van der Waals surface area contributed by atoms with Gasteiger partial charge in [-0.2, -0.15) is 0 Å². The zero-order chi connectivity index (χ0) is 13.2. The molecular weight excluding hydrogens is 222 g/mol. The molecule has 0 radical (unpaired) electrons. The molecular formula is C12H19NO4. The van der Waals surface area contributed by atoms with Gasteiger partial charge in [0.1, 0.15) is 11.6 Å². The zero-order valence-corrected chi connectivity index (χ0v) is 10.9. The molecule has 0 aromatic rings. The smallest absolute Gasteiger partial charge is 0.415 e. The first-order valence-corrected chi connectivity index (χ1v) is 5.51. The lowest BCUT2D eigenvalue weighted by Crippen LogP contribution is -2.42.